The molecule has 0 atom stereocenters. The van der Waals surface area contributed by atoms with E-state index in [1.807, 2.05) is 42.5 Å². The molecular weight excluding hydrogens is 448 g/mol. The molecule has 0 unspecified atom stereocenters. The topological polar surface area (TPSA) is 76.7 Å². The van der Waals surface area contributed by atoms with E-state index < -0.39 is 11.8 Å². The summed E-state index contributed by atoms with van der Waals surface area (Å²) in [6.45, 7) is 0.207. The van der Waals surface area contributed by atoms with Gasteiger partial charge in [0.25, 0.3) is 11.8 Å². The zero-order valence-electron chi connectivity index (χ0n) is 16.1. The number of ether oxygens (including phenoxy) is 2. The SMILES string of the molecule is O=C(COc1ccc(Br)cc1)NNC(=O)c1ccccc1OCCc1ccccc1. The maximum absolute atomic E-state index is 12.5. The second-order valence-corrected chi connectivity index (χ2v) is 7.24. The van der Waals surface area contributed by atoms with Crippen LogP contribution in [0.15, 0.2) is 83.3 Å². The predicted octanol–water partition coefficient (Wildman–Crippen LogP) is 3.91. The molecule has 3 aromatic carbocycles. The number of carbonyl (C=O) groups excluding carboxylic acids is 2. The van der Waals surface area contributed by atoms with Crippen LogP contribution in [0.2, 0.25) is 0 Å². The Balaban J connectivity index is 1.47. The quantitative estimate of drug-likeness (QED) is 0.491. The van der Waals surface area contributed by atoms with Crippen molar-refractivity contribution in [3.63, 3.8) is 0 Å². The first kappa shape index (κ1) is 21.4. The van der Waals surface area contributed by atoms with Crippen LogP contribution in [-0.2, 0) is 11.2 Å². The molecule has 0 bridgehead atoms. The summed E-state index contributed by atoms with van der Waals surface area (Å²) >= 11 is 3.33. The van der Waals surface area contributed by atoms with Crippen molar-refractivity contribution in [3.05, 3.63) is 94.5 Å². The molecule has 0 saturated heterocycles. The third-order valence-electron chi connectivity index (χ3n) is 4.12. The van der Waals surface area contributed by atoms with Gasteiger partial charge < -0.3 is 9.47 Å². The van der Waals surface area contributed by atoms with Crippen molar-refractivity contribution in [2.75, 3.05) is 13.2 Å². The van der Waals surface area contributed by atoms with Gasteiger partial charge in [0.05, 0.1) is 12.2 Å². The zero-order valence-corrected chi connectivity index (χ0v) is 17.7. The molecule has 6 nitrogen and oxygen atoms in total. The van der Waals surface area contributed by atoms with Gasteiger partial charge in [-0.05, 0) is 42.0 Å². The van der Waals surface area contributed by atoms with Crippen LogP contribution >= 0.6 is 15.9 Å². The fourth-order valence-electron chi connectivity index (χ4n) is 2.61. The average molecular weight is 469 g/mol. The van der Waals surface area contributed by atoms with Crippen LogP contribution < -0.4 is 20.3 Å². The molecule has 2 amide bonds. The van der Waals surface area contributed by atoms with Gasteiger partial charge >= 0.3 is 0 Å². The first-order chi connectivity index (χ1) is 14.6. The van der Waals surface area contributed by atoms with Crippen molar-refractivity contribution in [1.82, 2.24) is 10.9 Å². The van der Waals surface area contributed by atoms with E-state index in [0.29, 0.717) is 23.7 Å². The van der Waals surface area contributed by atoms with Crippen LogP contribution in [0.1, 0.15) is 15.9 Å². The van der Waals surface area contributed by atoms with E-state index in [0.717, 1.165) is 16.5 Å². The van der Waals surface area contributed by atoms with Gasteiger partial charge in [0.2, 0.25) is 0 Å². The Morgan fingerprint density at radius 1 is 0.800 bits per heavy atom. The van der Waals surface area contributed by atoms with E-state index in [2.05, 4.69) is 26.8 Å². The highest BCUT2D eigenvalue weighted by Crippen LogP contribution is 2.18. The molecule has 0 aliphatic heterocycles. The number of carbonyl (C=O) groups is 2. The summed E-state index contributed by atoms with van der Waals surface area (Å²) in [5, 5.41) is 0. The summed E-state index contributed by atoms with van der Waals surface area (Å²) in [6.07, 6.45) is 0.723. The van der Waals surface area contributed by atoms with Crippen LogP contribution in [0.5, 0.6) is 11.5 Å². The largest absolute Gasteiger partial charge is 0.492 e. The van der Waals surface area contributed by atoms with Crippen molar-refractivity contribution >= 4 is 27.7 Å². The number of halogens is 1. The molecule has 0 aliphatic carbocycles. The van der Waals surface area contributed by atoms with Gasteiger partial charge in [-0.25, -0.2) is 0 Å². The van der Waals surface area contributed by atoms with Crippen molar-refractivity contribution in [2.45, 2.75) is 6.42 Å². The van der Waals surface area contributed by atoms with E-state index in [-0.39, 0.29) is 6.61 Å². The number of benzene rings is 3. The Morgan fingerprint density at radius 3 is 2.27 bits per heavy atom. The Morgan fingerprint density at radius 2 is 1.50 bits per heavy atom. The van der Waals surface area contributed by atoms with Crippen LogP contribution in [-0.4, -0.2) is 25.0 Å². The van der Waals surface area contributed by atoms with Crippen LogP contribution in [0.4, 0.5) is 0 Å². The summed E-state index contributed by atoms with van der Waals surface area (Å²) < 4.78 is 12.1. The Hall–Kier alpha value is -3.32. The van der Waals surface area contributed by atoms with Gasteiger partial charge in [0.15, 0.2) is 6.61 Å². The lowest BCUT2D eigenvalue weighted by Crippen LogP contribution is -2.43. The molecule has 0 aliphatic rings. The minimum Gasteiger partial charge on any atom is -0.492 e. The van der Waals surface area contributed by atoms with E-state index >= 15 is 0 Å². The molecular formula is C23H21BrN2O4. The highest BCUT2D eigenvalue weighted by Gasteiger charge is 2.13. The second kappa shape index (κ2) is 11.0. The van der Waals surface area contributed by atoms with Crippen molar-refractivity contribution in [2.24, 2.45) is 0 Å². The molecule has 0 aromatic heterocycles. The van der Waals surface area contributed by atoms with Crippen molar-refractivity contribution < 1.29 is 19.1 Å². The molecule has 0 heterocycles. The third kappa shape index (κ3) is 6.63. The number of nitrogens with one attached hydrogen (secondary N) is 2. The number of hydrogen-bond donors (Lipinski definition) is 2. The maximum Gasteiger partial charge on any atom is 0.276 e. The second-order valence-electron chi connectivity index (χ2n) is 6.33. The minimum atomic E-state index is -0.478. The fourth-order valence-corrected chi connectivity index (χ4v) is 2.88. The lowest BCUT2D eigenvalue weighted by Gasteiger charge is -2.12. The van der Waals surface area contributed by atoms with Gasteiger partial charge in [-0.15, -0.1) is 0 Å². The van der Waals surface area contributed by atoms with Crippen LogP contribution in [0.25, 0.3) is 0 Å². The summed E-state index contributed by atoms with van der Waals surface area (Å²) in [5.74, 6) is 0.0548. The molecule has 0 saturated carbocycles. The molecule has 0 radical (unpaired) electrons. The molecule has 2 N–H and O–H groups in total. The summed E-state index contributed by atoms with van der Waals surface area (Å²) in [4.78, 5) is 24.4. The predicted molar refractivity (Wildman–Crippen MR) is 117 cm³/mol. The lowest BCUT2D eigenvalue weighted by atomic mass is 10.1. The number of hydrazine groups is 1. The van der Waals surface area contributed by atoms with E-state index in [9.17, 15) is 9.59 Å². The summed E-state index contributed by atoms with van der Waals surface area (Å²) in [6, 6.07) is 23.9. The van der Waals surface area contributed by atoms with E-state index in [4.69, 9.17) is 9.47 Å². The number of para-hydroxylation sites is 1. The number of rotatable bonds is 8. The Kier molecular flexibility index (Phi) is 7.86. The fraction of sp³-hybridized carbons (Fsp3) is 0.130. The zero-order chi connectivity index (χ0) is 21.2. The summed E-state index contributed by atoms with van der Waals surface area (Å²) in [7, 11) is 0. The standard InChI is InChI=1S/C23H21BrN2O4/c24-18-10-12-19(13-11-18)30-16-22(27)25-26-23(28)20-8-4-5-9-21(20)29-15-14-17-6-2-1-3-7-17/h1-13H,14-16H2,(H,25,27)(H,26,28). The third-order valence-corrected chi connectivity index (χ3v) is 4.65. The van der Waals surface area contributed by atoms with E-state index in [1.54, 1.807) is 36.4 Å². The maximum atomic E-state index is 12.5. The van der Waals surface area contributed by atoms with Gasteiger partial charge in [-0.2, -0.15) is 0 Å². The highest BCUT2D eigenvalue weighted by atomic mass is 79.9. The molecule has 7 heteroatoms. The van der Waals surface area contributed by atoms with Gasteiger partial charge in [0, 0.05) is 10.9 Å². The highest BCUT2D eigenvalue weighted by molar-refractivity contribution is 9.10. The van der Waals surface area contributed by atoms with Crippen LogP contribution in [0.3, 0.4) is 0 Å². The Bertz CT molecular complexity index is 978. The summed E-state index contributed by atoms with van der Waals surface area (Å²) in [5.41, 5.74) is 6.21. The molecule has 3 aromatic rings. The average Bonchev–Trinajstić information content (AvgIpc) is 2.78. The minimum absolute atomic E-state index is 0.225. The van der Waals surface area contributed by atoms with Crippen LogP contribution in [0, 0.1) is 0 Å². The Labute approximate surface area is 183 Å². The molecule has 154 valence electrons. The first-order valence-electron chi connectivity index (χ1n) is 9.35. The van der Waals surface area contributed by atoms with Gasteiger partial charge in [-0.3, -0.25) is 20.4 Å². The molecule has 30 heavy (non-hydrogen) atoms. The first-order valence-corrected chi connectivity index (χ1v) is 10.1. The molecule has 3 rings (SSSR count). The monoisotopic (exact) mass is 468 g/mol. The number of hydrogen-bond acceptors (Lipinski definition) is 4. The molecule has 0 fully saturated rings. The molecule has 0 spiro atoms. The van der Waals surface area contributed by atoms with Crippen molar-refractivity contribution in [1.29, 1.82) is 0 Å². The normalized spacial score (nSPS) is 10.2. The number of amides is 2. The lowest BCUT2D eigenvalue weighted by molar-refractivity contribution is -0.123. The van der Waals surface area contributed by atoms with Gasteiger partial charge in [0.1, 0.15) is 11.5 Å². The van der Waals surface area contributed by atoms with Gasteiger partial charge in [-0.1, -0.05) is 58.4 Å². The van der Waals surface area contributed by atoms with E-state index in [1.165, 1.54) is 0 Å². The van der Waals surface area contributed by atoms with Crippen molar-refractivity contribution in [3.8, 4) is 11.5 Å². The smallest absolute Gasteiger partial charge is 0.276 e.